The number of hydrogen-bond acceptors (Lipinski definition) is 6. The number of carbonyl (C=O) groups is 2. The van der Waals surface area contributed by atoms with Crippen molar-refractivity contribution >= 4 is 23.4 Å². The molecule has 3 N–H and O–H groups in total. The SMILES string of the molecule is COc1ccc(N(C(=O)NCCC(=O)O)c2c(O)ccn(C)c2=O)cc1-c1cccc(OC(F)(F)F)c1. The van der Waals surface area contributed by atoms with Crippen LogP contribution in [0, 0.1) is 0 Å². The summed E-state index contributed by atoms with van der Waals surface area (Å²) in [6.07, 6.45) is -4.04. The largest absolute Gasteiger partial charge is 0.573 e. The van der Waals surface area contributed by atoms with E-state index in [0.29, 0.717) is 0 Å². The number of amides is 2. The third-order valence-electron chi connectivity index (χ3n) is 5.08. The number of ether oxygens (including phenoxy) is 2. The summed E-state index contributed by atoms with van der Waals surface area (Å²) >= 11 is 0. The molecule has 0 radical (unpaired) electrons. The lowest BCUT2D eigenvalue weighted by atomic mass is 10.0. The van der Waals surface area contributed by atoms with E-state index in [1.165, 1.54) is 56.8 Å². The Balaban J connectivity index is 2.16. The van der Waals surface area contributed by atoms with Gasteiger partial charge < -0.3 is 29.6 Å². The van der Waals surface area contributed by atoms with Crippen molar-refractivity contribution in [1.29, 1.82) is 0 Å². The van der Waals surface area contributed by atoms with Crippen LogP contribution in [0.5, 0.6) is 17.2 Å². The molecule has 0 aliphatic carbocycles. The highest BCUT2D eigenvalue weighted by atomic mass is 19.4. The number of benzene rings is 2. The lowest BCUT2D eigenvalue weighted by molar-refractivity contribution is -0.274. The molecule has 3 aromatic rings. The number of hydrogen-bond donors (Lipinski definition) is 3. The van der Waals surface area contributed by atoms with Crippen LogP contribution < -0.4 is 25.2 Å². The number of rotatable bonds is 8. The molecular formula is C24H22F3N3O7. The molecule has 0 saturated carbocycles. The third-order valence-corrected chi connectivity index (χ3v) is 5.08. The first-order valence-corrected chi connectivity index (χ1v) is 10.6. The van der Waals surface area contributed by atoms with Crippen molar-refractivity contribution in [1.82, 2.24) is 9.88 Å². The smallest absolute Gasteiger partial charge is 0.505 e. The summed E-state index contributed by atoms with van der Waals surface area (Å²) in [7, 11) is 2.74. The molecule has 2 amide bonds. The maximum absolute atomic E-state index is 13.1. The number of carbonyl (C=O) groups excluding carboxylic acids is 1. The molecule has 0 aliphatic heterocycles. The van der Waals surface area contributed by atoms with Gasteiger partial charge in [-0.25, -0.2) is 4.79 Å². The maximum Gasteiger partial charge on any atom is 0.573 e. The summed E-state index contributed by atoms with van der Waals surface area (Å²) in [4.78, 5) is 37.7. The average molecular weight is 521 g/mol. The van der Waals surface area contributed by atoms with E-state index in [2.05, 4.69) is 10.1 Å². The molecule has 196 valence electrons. The quantitative estimate of drug-likeness (QED) is 0.409. The second-order valence-electron chi connectivity index (χ2n) is 7.64. The van der Waals surface area contributed by atoms with E-state index >= 15 is 0 Å². The van der Waals surface area contributed by atoms with Crippen molar-refractivity contribution in [2.75, 3.05) is 18.6 Å². The van der Waals surface area contributed by atoms with Crippen molar-refractivity contribution < 1.29 is 42.4 Å². The van der Waals surface area contributed by atoms with Gasteiger partial charge in [-0.2, -0.15) is 0 Å². The Labute approximate surface area is 208 Å². The number of methoxy groups -OCH3 is 1. The van der Waals surface area contributed by atoms with E-state index in [9.17, 15) is 32.7 Å². The number of aromatic nitrogens is 1. The number of anilines is 2. The van der Waals surface area contributed by atoms with E-state index < -0.39 is 47.5 Å². The van der Waals surface area contributed by atoms with E-state index in [4.69, 9.17) is 9.84 Å². The highest BCUT2D eigenvalue weighted by Crippen LogP contribution is 2.38. The standard InChI is InChI=1S/C24H22F3N3O7/c1-29-11-9-18(31)21(22(29)34)30(23(35)28-10-8-20(32)33)15-6-7-19(36-2)17(13-15)14-4-3-5-16(12-14)37-24(25,26)27/h3-7,9,11-13,31H,8,10H2,1-2H3,(H,28,35)(H,32,33). The molecule has 1 heterocycles. The van der Waals surface area contributed by atoms with Gasteiger partial charge in [0.05, 0.1) is 19.2 Å². The number of alkyl halides is 3. The zero-order valence-electron chi connectivity index (χ0n) is 19.6. The summed E-state index contributed by atoms with van der Waals surface area (Å²) in [6, 6.07) is 9.49. The summed E-state index contributed by atoms with van der Waals surface area (Å²) in [6.45, 7) is -0.279. The number of aryl methyl sites for hydroxylation is 1. The molecular weight excluding hydrogens is 499 g/mol. The highest BCUT2D eigenvalue weighted by molar-refractivity contribution is 6.01. The fourth-order valence-electron chi connectivity index (χ4n) is 3.44. The number of nitrogens with one attached hydrogen (secondary N) is 1. The van der Waals surface area contributed by atoms with Crippen LogP contribution in [0.3, 0.4) is 0 Å². The number of aliphatic carboxylic acids is 1. The average Bonchev–Trinajstić information content (AvgIpc) is 2.82. The van der Waals surface area contributed by atoms with E-state index in [1.54, 1.807) is 0 Å². The van der Waals surface area contributed by atoms with Crippen LogP contribution in [-0.4, -0.2) is 46.8 Å². The van der Waals surface area contributed by atoms with Gasteiger partial charge in [-0.3, -0.25) is 14.5 Å². The Bertz CT molecular complexity index is 1370. The minimum Gasteiger partial charge on any atom is -0.505 e. The zero-order chi connectivity index (χ0) is 27.3. The molecule has 1 aromatic heterocycles. The van der Waals surface area contributed by atoms with Crippen molar-refractivity contribution in [2.24, 2.45) is 7.05 Å². The minimum absolute atomic E-state index is 0.0318. The van der Waals surface area contributed by atoms with Crippen LogP contribution in [0.4, 0.5) is 29.3 Å². The van der Waals surface area contributed by atoms with Gasteiger partial charge in [-0.05, 0) is 42.0 Å². The third kappa shape index (κ3) is 6.51. The summed E-state index contributed by atoms with van der Waals surface area (Å²) in [5.41, 5.74) is -0.668. The van der Waals surface area contributed by atoms with Crippen LogP contribution in [0.1, 0.15) is 6.42 Å². The molecule has 0 aliphatic rings. The van der Waals surface area contributed by atoms with Crippen LogP contribution >= 0.6 is 0 Å². The van der Waals surface area contributed by atoms with Gasteiger partial charge >= 0.3 is 18.4 Å². The van der Waals surface area contributed by atoms with Gasteiger partial charge in [-0.15, -0.1) is 13.2 Å². The monoisotopic (exact) mass is 521 g/mol. The normalized spacial score (nSPS) is 11.1. The van der Waals surface area contributed by atoms with Gasteiger partial charge in [0.15, 0.2) is 5.69 Å². The first-order chi connectivity index (χ1) is 17.4. The number of halogens is 3. The number of urea groups is 1. The molecule has 10 nitrogen and oxygen atoms in total. The molecule has 0 fully saturated rings. The fourth-order valence-corrected chi connectivity index (χ4v) is 3.44. The molecule has 0 unspecified atom stereocenters. The Morgan fingerprint density at radius 1 is 1.14 bits per heavy atom. The molecule has 13 heteroatoms. The van der Waals surface area contributed by atoms with Crippen molar-refractivity contribution in [2.45, 2.75) is 12.8 Å². The van der Waals surface area contributed by atoms with Crippen LogP contribution in [0.15, 0.2) is 59.5 Å². The van der Waals surface area contributed by atoms with E-state index in [1.807, 2.05) is 0 Å². The topological polar surface area (TPSA) is 130 Å². The van der Waals surface area contributed by atoms with Gasteiger partial charge in [0.2, 0.25) is 0 Å². The number of aromatic hydroxyl groups is 1. The number of carboxylic acids is 1. The minimum atomic E-state index is -4.92. The lowest BCUT2D eigenvalue weighted by Gasteiger charge is -2.25. The van der Waals surface area contributed by atoms with Crippen molar-refractivity contribution in [3.8, 4) is 28.4 Å². The summed E-state index contributed by atoms with van der Waals surface area (Å²) in [5, 5.41) is 21.7. The molecule has 0 bridgehead atoms. The van der Waals surface area contributed by atoms with E-state index in [0.717, 1.165) is 21.6 Å². The molecule has 2 aromatic carbocycles. The Morgan fingerprint density at radius 3 is 2.51 bits per heavy atom. The maximum atomic E-state index is 13.1. The Morgan fingerprint density at radius 2 is 1.86 bits per heavy atom. The second-order valence-corrected chi connectivity index (χ2v) is 7.64. The first kappa shape index (κ1) is 26.9. The summed E-state index contributed by atoms with van der Waals surface area (Å²) in [5.74, 6) is -1.97. The lowest BCUT2D eigenvalue weighted by Crippen LogP contribution is -2.41. The molecule has 0 atom stereocenters. The van der Waals surface area contributed by atoms with Crippen LogP contribution in [0.2, 0.25) is 0 Å². The summed E-state index contributed by atoms with van der Waals surface area (Å²) < 4.78 is 48.7. The Kier molecular flexibility index (Phi) is 7.95. The van der Waals surface area contributed by atoms with Crippen LogP contribution in [0.25, 0.3) is 11.1 Å². The van der Waals surface area contributed by atoms with Gasteiger partial charge in [0.25, 0.3) is 5.56 Å². The van der Waals surface area contributed by atoms with Crippen molar-refractivity contribution in [3.63, 3.8) is 0 Å². The molecule has 0 spiro atoms. The number of pyridine rings is 1. The highest BCUT2D eigenvalue weighted by Gasteiger charge is 2.31. The number of nitrogens with zero attached hydrogens (tertiary/aromatic N) is 2. The predicted octanol–water partition coefficient (Wildman–Crippen LogP) is 3.99. The van der Waals surface area contributed by atoms with Gasteiger partial charge in [-0.1, -0.05) is 12.1 Å². The van der Waals surface area contributed by atoms with Crippen LogP contribution in [-0.2, 0) is 11.8 Å². The molecule has 3 rings (SSSR count). The van der Waals surface area contributed by atoms with Crippen molar-refractivity contribution in [3.05, 3.63) is 65.1 Å². The second kappa shape index (κ2) is 10.9. The first-order valence-electron chi connectivity index (χ1n) is 10.6. The molecule has 0 saturated heterocycles. The fraction of sp³-hybridized carbons (Fsp3) is 0.208. The number of carboxylic acid groups (broad SMARTS) is 1. The molecule has 37 heavy (non-hydrogen) atoms. The van der Waals surface area contributed by atoms with E-state index in [-0.39, 0.29) is 29.1 Å². The predicted molar refractivity (Wildman–Crippen MR) is 126 cm³/mol. The Hall–Kier alpha value is -4.68. The van der Waals surface area contributed by atoms with Gasteiger partial charge in [0, 0.05) is 25.4 Å². The zero-order valence-corrected chi connectivity index (χ0v) is 19.6. The van der Waals surface area contributed by atoms with Gasteiger partial charge in [0.1, 0.15) is 17.2 Å².